The SMILES string of the molecule is O=C(Nc1ccc(C[C@H](NC(=O)C2C3CCC(CC3)N2C(=O)CC2CCOCC2)C(=O)O)cc1)c1c(Cl)cncc1Cl. The van der Waals surface area contributed by atoms with Crippen molar-refractivity contribution in [1.29, 1.82) is 0 Å². The van der Waals surface area contributed by atoms with Crippen LogP contribution in [0.5, 0.6) is 0 Å². The van der Waals surface area contributed by atoms with E-state index in [0.29, 0.717) is 30.9 Å². The summed E-state index contributed by atoms with van der Waals surface area (Å²) in [5.41, 5.74) is 1.21. The molecule has 2 aromatic rings. The van der Waals surface area contributed by atoms with E-state index < -0.39 is 29.9 Å². The molecule has 4 fully saturated rings. The zero-order chi connectivity index (χ0) is 29.8. The van der Waals surface area contributed by atoms with Gasteiger partial charge in [-0.15, -0.1) is 0 Å². The topological polar surface area (TPSA) is 138 Å². The smallest absolute Gasteiger partial charge is 0.326 e. The monoisotopic (exact) mass is 616 g/mol. The molecular weight excluding hydrogens is 583 g/mol. The van der Waals surface area contributed by atoms with Crippen LogP contribution in [0.4, 0.5) is 5.69 Å². The van der Waals surface area contributed by atoms with Gasteiger partial charge in [0.15, 0.2) is 0 Å². The molecule has 3 aliphatic heterocycles. The Bertz CT molecular complexity index is 1310. The molecule has 12 heteroatoms. The Labute approximate surface area is 254 Å². The molecule has 1 saturated carbocycles. The first-order valence-electron chi connectivity index (χ1n) is 14.3. The normalized spacial score (nSPS) is 22.8. The second-order valence-electron chi connectivity index (χ2n) is 11.3. The summed E-state index contributed by atoms with van der Waals surface area (Å²) in [5, 5.41) is 15.6. The van der Waals surface area contributed by atoms with Crippen LogP contribution in [-0.2, 0) is 25.5 Å². The third-order valence-electron chi connectivity index (χ3n) is 8.59. The predicted molar refractivity (Wildman–Crippen MR) is 156 cm³/mol. The quantitative estimate of drug-likeness (QED) is 0.381. The van der Waals surface area contributed by atoms with Crippen molar-refractivity contribution in [2.24, 2.45) is 11.8 Å². The lowest BCUT2D eigenvalue weighted by Gasteiger charge is -2.51. The number of aliphatic carboxylic acids is 1. The minimum Gasteiger partial charge on any atom is -0.480 e. The zero-order valence-electron chi connectivity index (χ0n) is 23.1. The van der Waals surface area contributed by atoms with Crippen molar-refractivity contribution in [3.05, 3.63) is 57.8 Å². The number of amides is 3. The molecule has 0 spiro atoms. The maximum Gasteiger partial charge on any atom is 0.326 e. The Hall–Kier alpha value is -3.21. The second kappa shape index (κ2) is 13.4. The highest BCUT2D eigenvalue weighted by atomic mass is 35.5. The number of nitrogens with zero attached hydrogens (tertiary/aromatic N) is 2. The molecule has 3 saturated heterocycles. The highest BCUT2D eigenvalue weighted by Crippen LogP contribution is 2.40. The Balaban J connectivity index is 1.23. The van der Waals surface area contributed by atoms with Crippen molar-refractivity contribution < 1.29 is 29.0 Å². The number of carboxylic acids is 1. The lowest BCUT2D eigenvalue weighted by molar-refractivity contribution is -0.156. The van der Waals surface area contributed by atoms with Crippen LogP contribution in [0.25, 0.3) is 0 Å². The summed E-state index contributed by atoms with van der Waals surface area (Å²) in [6.45, 7) is 1.30. The largest absolute Gasteiger partial charge is 0.480 e. The molecule has 1 aromatic carbocycles. The van der Waals surface area contributed by atoms with E-state index in [-0.39, 0.29) is 45.8 Å². The van der Waals surface area contributed by atoms with E-state index in [9.17, 15) is 24.3 Å². The summed E-state index contributed by atoms with van der Waals surface area (Å²) in [4.78, 5) is 57.5. The van der Waals surface area contributed by atoms with Gasteiger partial charge in [-0.25, -0.2) is 4.79 Å². The van der Waals surface area contributed by atoms with Crippen LogP contribution >= 0.6 is 23.2 Å². The number of rotatable bonds is 9. The Morgan fingerprint density at radius 3 is 2.24 bits per heavy atom. The average molecular weight is 618 g/mol. The standard InChI is InChI=1S/C30H34Cl2N4O6/c31-22-15-33-16-23(32)26(22)28(38)34-20-5-1-17(2-6-20)13-24(30(40)41)35-29(39)27-19-3-7-21(8-4-19)36(27)25(37)14-18-9-11-42-12-10-18/h1-2,5-6,15-16,18-19,21,24,27H,3-4,7-14H2,(H,34,38)(H,35,39)(H,40,41)/t19?,21?,24-,27?/m0/s1. The number of nitrogens with one attached hydrogen (secondary N) is 2. The fourth-order valence-corrected chi connectivity index (χ4v) is 6.93. The number of pyridine rings is 1. The van der Waals surface area contributed by atoms with E-state index >= 15 is 0 Å². The van der Waals surface area contributed by atoms with Crippen molar-refractivity contribution in [3.63, 3.8) is 0 Å². The molecule has 4 heterocycles. The van der Waals surface area contributed by atoms with Crippen molar-refractivity contribution in [2.45, 2.75) is 69.5 Å². The van der Waals surface area contributed by atoms with Crippen LogP contribution in [0, 0.1) is 11.8 Å². The maximum atomic E-state index is 13.6. The van der Waals surface area contributed by atoms with Crippen molar-refractivity contribution >= 4 is 52.6 Å². The lowest BCUT2D eigenvalue weighted by atomic mass is 9.73. The van der Waals surface area contributed by atoms with Gasteiger partial charge in [0.2, 0.25) is 11.8 Å². The third-order valence-corrected chi connectivity index (χ3v) is 9.16. The summed E-state index contributed by atoms with van der Waals surface area (Å²) in [7, 11) is 0. The molecule has 224 valence electrons. The van der Waals surface area contributed by atoms with Gasteiger partial charge in [0.1, 0.15) is 12.1 Å². The van der Waals surface area contributed by atoms with Gasteiger partial charge in [-0.1, -0.05) is 35.3 Å². The number of hydrogen-bond acceptors (Lipinski definition) is 6. The van der Waals surface area contributed by atoms with Crippen LogP contribution in [-0.4, -0.2) is 70.0 Å². The first-order chi connectivity index (χ1) is 20.2. The number of anilines is 1. The summed E-state index contributed by atoms with van der Waals surface area (Å²) < 4.78 is 5.43. The zero-order valence-corrected chi connectivity index (χ0v) is 24.6. The summed E-state index contributed by atoms with van der Waals surface area (Å²) >= 11 is 12.1. The highest BCUT2D eigenvalue weighted by Gasteiger charge is 2.48. The number of carbonyl (C=O) groups is 4. The van der Waals surface area contributed by atoms with Gasteiger partial charge in [-0.05, 0) is 68.1 Å². The molecule has 2 atom stereocenters. The Kier molecular flexibility index (Phi) is 9.65. The Morgan fingerprint density at radius 2 is 1.62 bits per heavy atom. The van der Waals surface area contributed by atoms with Crippen LogP contribution in [0.1, 0.15) is 60.9 Å². The second-order valence-corrected chi connectivity index (χ2v) is 12.1. The Morgan fingerprint density at radius 1 is 0.976 bits per heavy atom. The van der Waals surface area contributed by atoms with Crippen LogP contribution in [0.2, 0.25) is 10.0 Å². The van der Waals surface area contributed by atoms with Crippen LogP contribution in [0.3, 0.4) is 0 Å². The van der Waals surface area contributed by atoms with Crippen molar-refractivity contribution in [3.8, 4) is 0 Å². The summed E-state index contributed by atoms with van der Waals surface area (Å²) in [6.07, 6.45) is 8.19. The van der Waals surface area contributed by atoms with E-state index in [2.05, 4.69) is 15.6 Å². The number of piperidine rings is 2. The van der Waals surface area contributed by atoms with Crippen LogP contribution < -0.4 is 10.6 Å². The summed E-state index contributed by atoms with van der Waals surface area (Å²) in [6, 6.07) is 4.80. The number of benzene rings is 1. The number of ether oxygens (including phenoxy) is 1. The molecule has 42 heavy (non-hydrogen) atoms. The molecule has 10 nitrogen and oxygen atoms in total. The van der Waals surface area contributed by atoms with Crippen molar-refractivity contribution in [2.75, 3.05) is 18.5 Å². The van der Waals surface area contributed by atoms with Gasteiger partial charge >= 0.3 is 5.97 Å². The molecular formula is C30H34Cl2N4O6. The van der Waals surface area contributed by atoms with E-state index in [1.165, 1.54) is 12.4 Å². The number of fused-ring (bicyclic) bond motifs is 3. The fourth-order valence-electron chi connectivity index (χ4n) is 6.39. The number of hydrogen-bond donors (Lipinski definition) is 3. The first kappa shape index (κ1) is 30.3. The van der Waals surface area contributed by atoms with Gasteiger partial charge in [-0.3, -0.25) is 19.4 Å². The fraction of sp³-hybridized carbons (Fsp3) is 0.500. The van der Waals surface area contributed by atoms with E-state index in [1.807, 2.05) is 0 Å². The van der Waals surface area contributed by atoms with E-state index in [0.717, 1.165) is 38.5 Å². The highest BCUT2D eigenvalue weighted by molar-refractivity contribution is 6.40. The predicted octanol–water partition coefficient (Wildman–Crippen LogP) is 4.34. The first-order valence-corrected chi connectivity index (χ1v) is 15.1. The van der Waals surface area contributed by atoms with E-state index in [4.69, 9.17) is 27.9 Å². The maximum absolute atomic E-state index is 13.6. The average Bonchev–Trinajstić information content (AvgIpc) is 2.98. The summed E-state index contributed by atoms with van der Waals surface area (Å²) in [5.74, 6) is -1.83. The molecule has 4 aliphatic rings. The molecule has 3 N–H and O–H groups in total. The third kappa shape index (κ3) is 6.88. The van der Waals surface area contributed by atoms with Crippen molar-refractivity contribution in [1.82, 2.24) is 15.2 Å². The van der Waals surface area contributed by atoms with Gasteiger partial charge in [0, 0.05) is 50.2 Å². The molecule has 2 bridgehead atoms. The van der Waals surface area contributed by atoms with Crippen LogP contribution in [0.15, 0.2) is 36.7 Å². The van der Waals surface area contributed by atoms with Gasteiger partial charge in [0.25, 0.3) is 5.91 Å². The molecule has 1 unspecified atom stereocenters. The number of carboxylic acid groups (broad SMARTS) is 1. The van der Waals surface area contributed by atoms with Gasteiger partial charge < -0.3 is 25.4 Å². The molecule has 6 rings (SSSR count). The molecule has 3 amide bonds. The minimum atomic E-state index is -1.18. The number of halogens is 2. The minimum absolute atomic E-state index is 0.0148. The molecule has 0 radical (unpaired) electrons. The number of aromatic nitrogens is 1. The van der Waals surface area contributed by atoms with Gasteiger partial charge in [-0.2, -0.15) is 0 Å². The molecule has 1 aromatic heterocycles. The van der Waals surface area contributed by atoms with Gasteiger partial charge in [0.05, 0.1) is 15.6 Å². The molecule has 1 aliphatic carbocycles. The van der Waals surface area contributed by atoms with E-state index in [1.54, 1.807) is 29.2 Å². The number of carbonyl (C=O) groups excluding carboxylic acids is 3. The lowest BCUT2D eigenvalue weighted by Crippen LogP contribution is -2.64.